The summed E-state index contributed by atoms with van der Waals surface area (Å²) in [6.45, 7) is -1.07. The third-order valence-electron chi connectivity index (χ3n) is 0.601. The largest absolute Gasteiger partial charge is 0.301 e. The van der Waals surface area contributed by atoms with E-state index < -0.39 is 30.6 Å². The van der Waals surface area contributed by atoms with E-state index in [0.717, 1.165) is 0 Å². The van der Waals surface area contributed by atoms with Gasteiger partial charge in [-0.25, -0.2) is 13.2 Å². The first kappa shape index (κ1) is 9.86. The molecule has 0 saturated carbocycles. The van der Waals surface area contributed by atoms with Gasteiger partial charge in [0.2, 0.25) is 0 Å². The van der Waals surface area contributed by atoms with Crippen LogP contribution in [0.5, 0.6) is 0 Å². The molecule has 62 valence electrons. The van der Waals surface area contributed by atoms with Crippen molar-refractivity contribution in [2.45, 2.75) is 12.6 Å². The summed E-state index contributed by atoms with van der Waals surface area (Å²) >= 11 is -2.68. The van der Waals surface area contributed by atoms with E-state index in [1.54, 1.807) is 0 Å². The lowest BCUT2D eigenvalue weighted by atomic mass is 10.4. The van der Waals surface area contributed by atoms with Gasteiger partial charge in [-0.3, -0.25) is 8.74 Å². The van der Waals surface area contributed by atoms with E-state index in [9.17, 15) is 17.4 Å². The van der Waals surface area contributed by atoms with Crippen LogP contribution in [0.1, 0.15) is 0 Å². The molecule has 0 aliphatic heterocycles. The van der Waals surface area contributed by atoms with E-state index in [1.807, 2.05) is 0 Å². The van der Waals surface area contributed by atoms with Crippen molar-refractivity contribution in [3.8, 4) is 0 Å². The SMILES string of the molecule is O=S(O)OCC(F)C(F)F. The second kappa shape index (κ2) is 4.64. The monoisotopic (exact) mass is 178 g/mol. The van der Waals surface area contributed by atoms with Gasteiger partial charge < -0.3 is 0 Å². The molecule has 2 atom stereocenters. The zero-order valence-electron chi connectivity index (χ0n) is 4.67. The molecule has 0 rings (SSSR count). The Morgan fingerprint density at radius 2 is 2.00 bits per heavy atom. The number of alkyl halides is 3. The Balaban J connectivity index is 3.39. The van der Waals surface area contributed by atoms with Gasteiger partial charge >= 0.3 is 11.4 Å². The highest BCUT2D eigenvalue weighted by Crippen LogP contribution is 2.05. The van der Waals surface area contributed by atoms with E-state index in [0.29, 0.717) is 0 Å². The summed E-state index contributed by atoms with van der Waals surface area (Å²) in [7, 11) is 0. The van der Waals surface area contributed by atoms with E-state index in [1.165, 1.54) is 0 Å². The van der Waals surface area contributed by atoms with Crippen molar-refractivity contribution >= 4 is 11.4 Å². The quantitative estimate of drug-likeness (QED) is 0.646. The van der Waals surface area contributed by atoms with E-state index in [4.69, 9.17) is 4.55 Å². The van der Waals surface area contributed by atoms with Crippen molar-refractivity contribution in [3.63, 3.8) is 0 Å². The third kappa shape index (κ3) is 4.71. The van der Waals surface area contributed by atoms with Crippen LogP contribution in [0.2, 0.25) is 0 Å². The molecule has 0 aromatic carbocycles. The zero-order valence-corrected chi connectivity index (χ0v) is 5.48. The predicted octanol–water partition coefficient (Wildman–Crippen LogP) is 0.743. The third-order valence-corrected chi connectivity index (χ3v) is 0.939. The molecule has 0 aromatic heterocycles. The lowest BCUT2D eigenvalue weighted by Gasteiger charge is -2.03. The molecule has 10 heavy (non-hydrogen) atoms. The maximum atomic E-state index is 11.8. The van der Waals surface area contributed by atoms with Crippen LogP contribution in [-0.4, -0.2) is 28.0 Å². The van der Waals surface area contributed by atoms with Gasteiger partial charge in [-0.05, 0) is 0 Å². The minimum Gasteiger partial charge on any atom is -0.284 e. The molecular weight excluding hydrogens is 173 g/mol. The topological polar surface area (TPSA) is 46.5 Å². The minimum absolute atomic E-state index is 1.07. The number of hydrogen-bond donors (Lipinski definition) is 1. The van der Waals surface area contributed by atoms with Crippen LogP contribution in [0.3, 0.4) is 0 Å². The highest BCUT2D eigenvalue weighted by Gasteiger charge is 2.19. The predicted molar refractivity (Wildman–Crippen MR) is 27.6 cm³/mol. The summed E-state index contributed by atoms with van der Waals surface area (Å²) in [6.07, 6.45) is -5.68. The van der Waals surface area contributed by atoms with Gasteiger partial charge in [0.25, 0.3) is 6.43 Å². The summed E-state index contributed by atoms with van der Waals surface area (Å²) in [5.74, 6) is 0. The van der Waals surface area contributed by atoms with Crippen molar-refractivity contribution in [1.29, 1.82) is 0 Å². The van der Waals surface area contributed by atoms with Gasteiger partial charge in [-0.1, -0.05) is 0 Å². The molecule has 0 radical (unpaired) electrons. The van der Waals surface area contributed by atoms with E-state index in [-0.39, 0.29) is 0 Å². The van der Waals surface area contributed by atoms with Gasteiger partial charge in [0.15, 0.2) is 6.17 Å². The van der Waals surface area contributed by atoms with Crippen LogP contribution >= 0.6 is 0 Å². The summed E-state index contributed by atoms with van der Waals surface area (Å²) in [5.41, 5.74) is 0. The second-order valence-corrected chi connectivity index (χ2v) is 2.02. The average Bonchev–Trinajstić information content (AvgIpc) is 1.82. The number of halogens is 3. The normalized spacial score (nSPS) is 17.3. The molecular formula is C3H5F3O3S. The smallest absolute Gasteiger partial charge is 0.284 e. The van der Waals surface area contributed by atoms with Crippen LogP contribution in [0.15, 0.2) is 0 Å². The maximum Gasteiger partial charge on any atom is 0.301 e. The molecule has 0 aromatic rings. The lowest BCUT2D eigenvalue weighted by molar-refractivity contribution is 0.0242. The molecule has 0 bridgehead atoms. The van der Waals surface area contributed by atoms with Crippen LogP contribution in [0, 0.1) is 0 Å². The standard InChI is InChI=1S/C3H5F3O3S/c4-2(3(5)6)1-9-10(7)8/h2-3H,1H2,(H,7,8). The molecule has 1 N–H and O–H groups in total. The second-order valence-electron chi connectivity index (χ2n) is 1.35. The van der Waals surface area contributed by atoms with Crippen LogP contribution in [0.25, 0.3) is 0 Å². The van der Waals surface area contributed by atoms with Crippen molar-refractivity contribution in [2.75, 3.05) is 6.61 Å². The number of hydrogen-bond acceptors (Lipinski definition) is 2. The molecule has 0 amide bonds. The Labute approximate surface area is 57.7 Å². The van der Waals surface area contributed by atoms with Crippen LogP contribution in [-0.2, 0) is 15.5 Å². The minimum atomic E-state index is -3.18. The fraction of sp³-hybridized carbons (Fsp3) is 1.00. The Morgan fingerprint density at radius 1 is 1.50 bits per heavy atom. The summed E-state index contributed by atoms with van der Waals surface area (Å²) < 4.78 is 55.3. The Hall–Kier alpha value is -0.140. The first-order valence-electron chi connectivity index (χ1n) is 2.20. The molecule has 0 aliphatic carbocycles. The molecule has 0 heterocycles. The summed E-state index contributed by atoms with van der Waals surface area (Å²) in [6, 6.07) is 0. The van der Waals surface area contributed by atoms with Gasteiger partial charge in [0.1, 0.15) is 6.61 Å². The first-order valence-corrected chi connectivity index (χ1v) is 3.23. The Morgan fingerprint density at radius 3 is 2.30 bits per heavy atom. The van der Waals surface area contributed by atoms with Gasteiger partial charge in [0.05, 0.1) is 0 Å². The zero-order chi connectivity index (χ0) is 8.15. The average molecular weight is 178 g/mol. The lowest BCUT2D eigenvalue weighted by Crippen LogP contribution is -2.19. The number of rotatable bonds is 4. The summed E-state index contributed by atoms with van der Waals surface area (Å²) in [4.78, 5) is 0. The molecule has 2 unspecified atom stereocenters. The Kier molecular flexibility index (Phi) is 4.58. The van der Waals surface area contributed by atoms with Crippen molar-refractivity contribution in [2.24, 2.45) is 0 Å². The highest BCUT2D eigenvalue weighted by molar-refractivity contribution is 7.74. The van der Waals surface area contributed by atoms with Crippen molar-refractivity contribution in [1.82, 2.24) is 0 Å². The fourth-order valence-corrected chi connectivity index (χ4v) is 0.442. The van der Waals surface area contributed by atoms with Crippen molar-refractivity contribution < 1.29 is 26.1 Å². The van der Waals surface area contributed by atoms with Gasteiger partial charge in [0, 0.05) is 0 Å². The van der Waals surface area contributed by atoms with Gasteiger partial charge in [-0.2, -0.15) is 4.21 Å². The molecule has 7 heteroatoms. The maximum absolute atomic E-state index is 11.8. The molecule has 3 nitrogen and oxygen atoms in total. The van der Waals surface area contributed by atoms with Crippen molar-refractivity contribution in [3.05, 3.63) is 0 Å². The van der Waals surface area contributed by atoms with Crippen LogP contribution < -0.4 is 0 Å². The molecule has 0 fully saturated rings. The van der Waals surface area contributed by atoms with E-state index in [2.05, 4.69) is 4.18 Å². The first-order chi connectivity index (χ1) is 4.54. The van der Waals surface area contributed by atoms with Gasteiger partial charge in [-0.15, -0.1) is 0 Å². The Bertz CT molecular complexity index is 120. The fourth-order valence-electron chi connectivity index (χ4n) is 0.196. The molecule has 0 spiro atoms. The molecule has 0 aliphatic rings. The highest BCUT2D eigenvalue weighted by atomic mass is 32.2. The van der Waals surface area contributed by atoms with E-state index >= 15 is 0 Å². The summed E-state index contributed by atoms with van der Waals surface area (Å²) in [5, 5.41) is 0. The molecule has 0 saturated heterocycles. The van der Waals surface area contributed by atoms with Crippen LogP contribution in [0.4, 0.5) is 13.2 Å².